The van der Waals surface area contributed by atoms with Gasteiger partial charge in [-0.3, -0.25) is 16.3 Å². The number of hydrogen-bond acceptors (Lipinski definition) is 4. The van der Waals surface area contributed by atoms with Gasteiger partial charge in [-0.25, -0.2) is 4.39 Å². The van der Waals surface area contributed by atoms with Crippen molar-refractivity contribution in [2.45, 2.75) is 37.8 Å². The highest BCUT2D eigenvalue weighted by Crippen LogP contribution is 2.23. The first-order chi connectivity index (χ1) is 8.31. The van der Waals surface area contributed by atoms with Crippen molar-refractivity contribution in [3.05, 3.63) is 29.8 Å². The molecule has 0 bridgehead atoms. The lowest BCUT2D eigenvalue weighted by Gasteiger charge is -2.17. The maximum absolute atomic E-state index is 13.5. The fourth-order valence-electron chi connectivity index (χ4n) is 2.18. The molecule has 2 unspecified atom stereocenters. The van der Waals surface area contributed by atoms with E-state index in [2.05, 4.69) is 10.4 Å². The van der Waals surface area contributed by atoms with Gasteiger partial charge >= 0.3 is 0 Å². The van der Waals surface area contributed by atoms with Crippen LogP contribution in [0.4, 0.5) is 4.39 Å². The molecule has 1 saturated heterocycles. The molecular weight excluding hydrogens is 221 g/mol. The number of halogens is 1. The monoisotopic (exact) mass is 239 g/mol. The van der Waals surface area contributed by atoms with Crippen LogP contribution < -0.4 is 11.3 Å². The van der Waals surface area contributed by atoms with Crippen molar-refractivity contribution in [2.75, 3.05) is 6.61 Å². The number of ether oxygens (including phenoxy) is 1. The molecule has 2 rings (SSSR count). The molecule has 0 saturated carbocycles. The van der Waals surface area contributed by atoms with Gasteiger partial charge < -0.3 is 4.74 Å². The van der Waals surface area contributed by atoms with E-state index >= 15 is 0 Å². The average molecular weight is 239 g/mol. The van der Waals surface area contributed by atoms with Crippen molar-refractivity contribution in [2.24, 2.45) is 5.84 Å². The summed E-state index contributed by atoms with van der Waals surface area (Å²) in [5, 5.41) is 0. The number of pyridine rings is 1. The second-order valence-electron chi connectivity index (χ2n) is 4.30. The zero-order chi connectivity index (χ0) is 12.1. The smallest absolute Gasteiger partial charge is 0.146 e. The highest BCUT2D eigenvalue weighted by molar-refractivity contribution is 5.11. The molecule has 0 aliphatic carbocycles. The topological polar surface area (TPSA) is 60.2 Å². The molecule has 2 atom stereocenters. The summed E-state index contributed by atoms with van der Waals surface area (Å²) in [6.07, 6.45) is 5.68. The van der Waals surface area contributed by atoms with Crippen molar-refractivity contribution in [3.63, 3.8) is 0 Å². The third kappa shape index (κ3) is 3.21. The van der Waals surface area contributed by atoms with Gasteiger partial charge in [-0.1, -0.05) is 0 Å². The van der Waals surface area contributed by atoms with Crippen molar-refractivity contribution in [1.29, 1.82) is 0 Å². The van der Waals surface area contributed by atoms with Gasteiger partial charge in [0.15, 0.2) is 0 Å². The number of aromatic nitrogens is 1. The zero-order valence-electron chi connectivity index (χ0n) is 9.73. The van der Waals surface area contributed by atoms with Crippen LogP contribution in [0.3, 0.4) is 0 Å². The van der Waals surface area contributed by atoms with E-state index in [1.54, 1.807) is 12.3 Å². The van der Waals surface area contributed by atoms with Crippen molar-refractivity contribution in [3.8, 4) is 0 Å². The van der Waals surface area contributed by atoms with Crippen LogP contribution in [-0.4, -0.2) is 17.7 Å². The first-order valence-corrected chi connectivity index (χ1v) is 5.99. The number of rotatable bonds is 5. The summed E-state index contributed by atoms with van der Waals surface area (Å²) >= 11 is 0. The quantitative estimate of drug-likeness (QED) is 0.606. The molecule has 5 heteroatoms. The Morgan fingerprint density at radius 1 is 1.65 bits per heavy atom. The van der Waals surface area contributed by atoms with Crippen LogP contribution in [0.1, 0.15) is 37.4 Å². The summed E-state index contributed by atoms with van der Waals surface area (Å²) in [4.78, 5) is 4.04. The largest absolute Gasteiger partial charge is 0.378 e. The van der Waals surface area contributed by atoms with Gasteiger partial charge in [-0.15, -0.1) is 0 Å². The molecule has 2 heterocycles. The van der Waals surface area contributed by atoms with E-state index in [0.29, 0.717) is 5.69 Å². The molecule has 94 valence electrons. The SMILES string of the molecule is NNC(CCC1CCCO1)c1ncccc1F. The minimum atomic E-state index is -0.317. The Labute approximate surface area is 100 Å². The lowest BCUT2D eigenvalue weighted by atomic mass is 10.0. The van der Waals surface area contributed by atoms with E-state index in [0.717, 1.165) is 32.3 Å². The van der Waals surface area contributed by atoms with Gasteiger partial charge in [0.1, 0.15) is 5.82 Å². The molecule has 0 amide bonds. The summed E-state index contributed by atoms with van der Waals surface area (Å²) in [7, 11) is 0. The van der Waals surface area contributed by atoms with Crippen LogP contribution >= 0.6 is 0 Å². The van der Waals surface area contributed by atoms with Gasteiger partial charge in [0.2, 0.25) is 0 Å². The third-order valence-corrected chi connectivity index (χ3v) is 3.12. The molecule has 0 radical (unpaired) electrons. The van der Waals surface area contributed by atoms with E-state index in [1.165, 1.54) is 6.07 Å². The molecular formula is C12H18FN3O. The summed E-state index contributed by atoms with van der Waals surface area (Å²) in [5.41, 5.74) is 3.01. The molecule has 1 aromatic heterocycles. The minimum Gasteiger partial charge on any atom is -0.378 e. The van der Waals surface area contributed by atoms with Crippen molar-refractivity contribution >= 4 is 0 Å². The summed E-state index contributed by atoms with van der Waals surface area (Å²) in [5.74, 6) is 5.14. The molecule has 4 nitrogen and oxygen atoms in total. The summed E-state index contributed by atoms with van der Waals surface area (Å²) in [6, 6.07) is 2.73. The van der Waals surface area contributed by atoms with Crippen LogP contribution in [0, 0.1) is 5.82 Å². The van der Waals surface area contributed by atoms with Crippen LogP contribution in [-0.2, 0) is 4.74 Å². The van der Waals surface area contributed by atoms with Gasteiger partial charge in [0.05, 0.1) is 17.8 Å². The number of nitrogens with two attached hydrogens (primary N) is 1. The van der Waals surface area contributed by atoms with Crippen LogP contribution in [0.15, 0.2) is 18.3 Å². The standard InChI is InChI=1S/C12H18FN3O/c13-10-4-1-7-15-12(10)11(16-14)6-5-9-3-2-8-17-9/h1,4,7,9,11,16H,2-3,5-6,8,14H2. The van der Waals surface area contributed by atoms with Gasteiger partial charge in [0.25, 0.3) is 0 Å². The number of hydrazine groups is 1. The summed E-state index contributed by atoms with van der Waals surface area (Å²) < 4.78 is 19.1. The van der Waals surface area contributed by atoms with Crippen LogP contribution in [0.2, 0.25) is 0 Å². The predicted molar refractivity (Wildman–Crippen MR) is 62.5 cm³/mol. The maximum Gasteiger partial charge on any atom is 0.146 e. The van der Waals surface area contributed by atoms with Gasteiger partial charge in [0, 0.05) is 12.8 Å². The zero-order valence-corrected chi connectivity index (χ0v) is 9.73. The Balaban J connectivity index is 1.94. The fraction of sp³-hybridized carbons (Fsp3) is 0.583. The molecule has 0 aromatic carbocycles. The Hall–Kier alpha value is -1.04. The van der Waals surface area contributed by atoms with Crippen LogP contribution in [0.5, 0.6) is 0 Å². The average Bonchev–Trinajstić information content (AvgIpc) is 2.85. The minimum absolute atomic E-state index is 0.250. The van der Waals surface area contributed by atoms with Gasteiger partial charge in [-0.05, 0) is 37.8 Å². The fourth-order valence-corrected chi connectivity index (χ4v) is 2.18. The summed E-state index contributed by atoms with van der Waals surface area (Å²) in [6.45, 7) is 0.837. The second kappa shape index (κ2) is 6.05. The highest BCUT2D eigenvalue weighted by atomic mass is 19.1. The third-order valence-electron chi connectivity index (χ3n) is 3.12. The van der Waals surface area contributed by atoms with E-state index in [9.17, 15) is 4.39 Å². The Morgan fingerprint density at radius 2 is 2.53 bits per heavy atom. The Morgan fingerprint density at radius 3 is 3.18 bits per heavy atom. The number of nitrogens with zero attached hydrogens (tertiary/aromatic N) is 1. The van der Waals surface area contributed by atoms with Gasteiger partial charge in [-0.2, -0.15) is 0 Å². The van der Waals surface area contributed by atoms with E-state index in [-0.39, 0.29) is 18.0 Å². The van der Waals surface area contributed by atoms with Crippen molar-refractivity contribution in [1.82, 2.24) is 10.4 Å². The molecule has 1 aliphatic rings. The van der Waals surface area contributed by atoms with E-state index in [1.807, 2.05) is 0 Å². The van der Waals surface area contributed by atoms with E-state index < -0.39 is 0 Å². The number of nitrogens with one attached hydrogen (secondary N) is 1. The van der Waals surface area contributed by atoms with Crippen LogP contribution in [0.25, 0.3) is 0 Å². The lowest BCUT2D eigenvalue weighted by Crippen LogP contribution is -2.30. The lowest BCUT2D eigenvalue weighted by molar-refractivity contribution is 0.0993. The molecule has 1 fully saturated rings. The Kier molecular flexibility index (Phi) is 4.42. The second-order valence-corrected chi connectivity index (χ2v) is 4.30. The van der Waals surface area contributed by atoms with Crippen molar-refractivity contribution < 1.29 is 9.13 Å². The maximum atomic E-state index is 13.5. The number of hydrogen-bond donors (Lipinski definition) is 2. The highest BCUT2D eigenvalue weighted by Gasteiger charge is 2.20. The molecule has 3 N–H and O–H groups in total. The first kappa shape index (κ1) is 12.4. The predicted octanol–water partition coefficient (Wildman–Crippen LogP) is 1.68. The molecule has 1 aliphatic heterocycles. The molecule has 17 heavy (non-hydrogen) atoms. The molecule has 1 aromatic rings. The first-order valence-electron chi connectivity index (χ1n) is 5.99. The Bertz CT molecular complexity index is 355. The molecule has 0 spiro atoms. The normalized spacial score (nSPS) is 21.6. The van der Waals surface area contributed by atoms with E-state index in [4.69, 9.17) is 10.6 Å².